The number of barbiturate groups is 1. The molecular formula is C20H17BrN2O5. The van der Waals surface area contributed by atoms with Crippen molar-refractivity contribution >= 4 is 45.5 Å². The lowest BCUT2D eigenvalue weighted by atomic mass is 10.1. The number of hydrogen-bond acceptors (Lipinski definition) is 5. The van der Waals surface area contributed by atoms with Crippen molar-refractivity contribution in [3.63, 3.8) is 0 Å². The molecule has 28 heavy (non-hydrogen) atoms. The predicted molar refractivity (Wildman–Crippen MR) is 107 cm³/mol. The van der Waals surface area contributed by atoms with Gasteiger partial charge in [0, 0.05) is 4.47 Å². The van der Waals surface area contributed by atoms with Gasteiger partial charge in [-0.2, -0.15) is 0 Å². The predicted octanol–water partition coefficient (Wildman–Crippen LogP) is 3.52. The molecule has 4 amide bonds. The van der Waals surface area contributed by atoms with Gasteiger partial charge >= 0.3 is 6.03 Å². The molecule has 1 N–H and O–H groups in total. The summed E-state index contributed by atoms with van der Waals surface area (Å²) < 4.78 is 11.6. The topological polar surface area (TPSA) is 84.9 Å². The van der Waals surface area contributed by atoms with Crippen LogP contribution in [0.25, 0.3) is 6.08 Å². The standard InChI is InChI=1S/C20H17BrN2O5/c1-3-28-17-11-12(4-9-16(17)27-2)10-15-18(24)22-20(26)23(19(15)25)14-7-5-13(21)6-8-14/h4-11H,3H2,1-2H3,(H,22,24,26)/b15-10+. The summed E-state index contributed by atoms with van der Waals surface area (Å²) in [4.78, 5) is 38.3. The molecule has 1 aliphatic heterocycles. The van der Waals surface area contributed by atoms with E-state index < -0.39 is 17.8 Å². The second-order valence-electron chi connectivity index (χ2n) is 5.78. The van der Waals surface area contributed by atoms with Gasteiger partial charge < -0.3 is 9.47 Å². The average molecular weight is 445 g/mol. The Hall–Kier alpha value is -3.13. The fourth-order valence-corrected chi connectivity index (χ4v) is 2.96. The zero-order chi connectivity index (χ0) is 20.3. The first kappa shape index (κ1) is 19.6. The van der Waals surface area contributed by atoms with Gasteiger partial charge in [0.15, 0.2) is 11.5 Å². The third-order valence-corrected chi connectivity index (χ3v) is 4.51. The highest BCUT2D eigenvalue weighted by Crippen LogP contribution is 2.30. The second kappa shape index (κ2) is 8.26. The molecule has 0 atom stereocenters. The molecule has 0 spiro atoms. The van der Waals surface area contributed by atoms with E-state index in [4.69, 9.17) is 9.47 Å². The van der Waals surface area contributed by atoms with Crippen molar-refractivity contribution in [2.75, 3.05) is 18.6 Å². The molecule has 0 saturated carbocycles. The number of carbonyl (C=O) groups excluding carboxylic acids is 3. The molecular weight excluding hydrogens is 428 g/mol. The lowest BCUT2D eigenvalue weighted by Gasteiger charge is -2.26. The van der Waals surface area contributed by atoms with Crippen LogP contribution >= 0.6 is 15.9 Å². The van der Waals surface area contributed by atoms with E-state index in [0.717, 1.165) is 9.37 Å². The zero-order valence-electron chi connectivity index (χ0n) is 15.2. The molecule has 0 radical (unpaired) electrons. The minimum absolute atomic E-state index is 0.157. The van der Waals surface area contributed by atoms with Gasteiger partial charge in [-0.05, 0) is 55.0 Å². The van der Waals surface area contributed by atoms with E-state index in [1.54, 1.807) is 42.5 Å². The highest BCUT2D eigenvalue weighted by molar-refractivity contribution is 9.10. The summed E-state index contributed by atoms with van der Waals surface area (Å²) in [5.41, 5.74) is 0.761. The first-order valence-electron chi connectivity index (χ1n) is 8.42. The Morgan fingerprint density at radius 2 is 1.79 bits per heavy atom. The molecule has 8 heteroatoms. The molecule has 1 aliphatic rings. The van der Waals surface area contributed by atoms with Crippen LogP contribution in [0.5, 0.6) is 11.5 Å². The van der Waals surface area contributed by atoms with Gasteiger partial charge in [0.1, 0.15) is 5.57 Å². The Bertz CT molecular complexity index is 969. The van der Waals surface area contributed by atoms with Crippen LogP contribution in [0.3, 0.4) is 0 Å². The van der Waals surface area contributed by atoms with Gasteiger partial charge in [0.2, 0.25) is 0 Å². The van der Waals surface area contributed by atoms with E-state index in [1.165, 1.54) is 13.2 Å². The number of benzene rings is 2. The largest absolute Gasteiger partial charge is 0.493 e. The summed E-state index contributed by atoms with van der Waals surface area (Å²) in [6.45, 7) is 2.27. The third-order valence-electron chi connectivity index (χ3n) is 3.99. The van der Waals surface area contributed by atoms with Crippen LogP contribution in [0.15, 0.2) is 52.5 Å². The molecule has 144 valence electrons. The number of methoxy groups -OCH3 is 1. The summed E-state index contributed by atoms with van der Waals surface area (Å²) in [5, 5.41) is 2.20. The molecule has 0 bridgehead atoms. The maximum atomic E-state index is 12.9. The second-order valence-corrected chi connectivity index (χ2v) is 6.69. The minimum Gasteiger partial charge on any atom is -0.493 e. The van der Waals surface area contributed by atoms with E-state index in [9.17, 15) is 14.4 Å². The van der Waals surface area contributed by atoms with Crippen LogP contribution in [0.1, 0.15) is 12.5 Å². The molecule has 0 aliphatic carbocycles. The zero-order valence-corrected chi connectivity index (χ0v) is 16.8. The minimum atomic E-state index is -0.792. The quantitative estimate of drug-likeness (QED) is 0.563. The molecule has 1 heterocycles. The molecule has 7 nitrogen and oxygen atoms in total. The van der Waals surface area contributed by atoms with Gasteiger partial charge in [-0.15, -0.1) is 0 Å². The lowest BCUT2D eigenvalue weighted by Crippen LogP contribution is -2.54. The molecule has 1 saturated heterocycles. The number of rotatable bonds is 5. The van der Waals surface area contributed by atoms with Crippen LogP contribution in [0.2, 0.25) is 0 Å². The van der Waals surface area contributed by atoms with Crippen molar-refractivity contribution in [2.45, 2.75) is 6.92 Å². The summed E-state index contributed by atoms with van der Waals surface area (Å²) in [5.74, 6) is -0.430. The number of imide groups is 2. The average Bonchev–Trinajstić information content (AvgIpc) is 2.67. The van der Waals surface area contributed by atoms with Crippen molar-refractivity contribution < 1.29 is 23.9 Å². The Morgan fingerprint density at radius 3 is 2.43 bits per heavy atom. The fourth-order valence-electron chi connectivity index (χ4n) is 2.70. The van der Waals surface area contributed by atoms with Gasteiger partial charge in [0.25, 0.3) is 11.8 Å². The van der Waals surface area contributed by atoms with Crippen molar-refractivity contribution in [3.8, 4) is 11.5 Å². The number of halogens is 1. The SMILES string of the molecule is CCOc1cc(/C=C2\C(=O)NC(=O)N(c3ccc(Br)cc3)C2=O)ccc1OC. The summed E-state index contributed by atoms with van der Waals surface area (Å²) >= 11 is 3.30. The number of ether oxygens (including phenoxy) is 2. The number of anilines is 1. The maximum Gasteiger partial charge on any atom is 0.335 e. The summed E-state index contributed by atoms with van der Waals surface area (Å²) in [6, 6.07) is 10.9. The number of carbonyl (C=O) groups is 3. The van der Waals surface area contributed by atoms with Crippen LogP contribution in [0.4, 0.5) is 10.5 Å². The van der Waals surface area contributed by atoms with Crippen LogP contribution in [-0.4, -0.2) is 31.6 Å². The van der Waals surface area contributed by atoms with Gasteiger partial charge in [-0.1, -0.05) is 22.0 Å². The third kappa shape index (κ3) is 3.91. The maximum absolute atomic E-state index is 12.9. The number of amides is 4. The molecule has 2 aromatic rings. The van der Waals surface area contributed by atoms with Crippen LogP contribution in [0, 0.1) is 0 Å². The van der Waals surface area contributed by atoms with E-state index in [0.29, 0.717) is 29.4 Å². The first-order valence-corrected chi connectivity index (χ1v) is 9.21. The van der Waals surface area contributed by atoms with Crippen molar-refractivity contribution in [3.05, 3.63) is 58.1 Å². The highest BCUT2D eigenvalue weighted by Gasteiger charge is 2.36. The molecule has 2 aromatic carbocycles. The van der Waals surface area contributed by atoms with Crippen molar-refractivity contribution in [1.29, 1.82) is 0 Å². The van der Waals surface area contributed by atoms with Crippen LogP contribution in [-0.2, 0) is 9.59 Å². The lowest BCUT2D eigenvalue weighted by molar-refractivity contribution is -0.122. The Balaban J connectivity index is 1.99. The summed E-state index contributed by atoms with van der Waals surface area (Å²) in [6.07, 6.45) is 1.41. The molecule has 3 rings (SSSR count). The number of urea groups is 1. The van der Waals surface area contributed by atoms with Crippen LogP contribution < -0.4 is 19.7 Å². The van der Waals surface area contributed by atoms with E-state index in [-0.39, 0.29) is 5.57 Å². The number of nitrogens with zero attached hydrogens (tertiary/aromatic N) is 1. The van der Waals surface area contributed by atoms with Gasteiger partial charge in [0.05, 0.1) is 19.4 Å². The molecule has 1 fully saturated rings. The Morgan fingerprint density at radius 1 is 1.07 bits per heavy atom. The number of nitrogens with one attached hydrogen (secondary N) is 1. The Kier molecular flexibility index (Phi) is 5.79. The van der Waals surface area contributed by atoms with Gasteiger partial charge in [-0.3, -0.25) is 14.9 Å². The van der Waals surface area contributed by atoms with E-state index in [2.05, 4.69) is 21.2 Å². The first-order chi connectivity index (χ1) is 13.4. The smallest absolute Gasteiger partial charge is 0.335 e. The number of hydrogen-bond donors (Lipinski definition) is 1. The molecule has 0 aromatic heterocycles. The van der Waals surface area contributed by atoms with E-state index in [1.807, 2.05) is 6.92 Å². The molecule has 0 unspecified atom stereocenters. The summed E-state index contributed by atoms with van der Waals surface area (Å²) in [7, 11) is 1.52. The van der Waals surface area contributed by atoms with Crippen molar-refractivity contribution in [2.24, 2.45) is 0 Å². The Labute approximate surface area is 170 Å². The monoisotopic (exact) mass is 444 g/mol. The van der Waals surface area contributed by atoms with E-state index >= 15 is 0 Å². The normalized spacial score (nSPS) is 15.6. The fraction of sp³-hybridized carbons (Fsp3) is 0.150. The highest BCUT2D eigenvalue weighted by atomic mass is 79.9. The van der Waals surface area contributed by atoms with Crippen molar-refractivity contribution in [1.82, 2.24) is 5.32 Å². The van der Waals surface area contributed by atoms with Gasteiger partial charge in [-0.25, -0.2) is 9.69 Å².